The monoisotopic (exact) mass is 423 g/mol. The van der Waals surface area contributed by atoms with E-state index >= 15 is 0 Å². The average Bonchev–Trinajstić information content (AvgIpc) is 3.44. The van der Waals surface area contributed by atoms with Gasteiger partial charge in [0.05, 0.1) is 0 Å². The molecule has 1 saturated heterocycles. The minimum atomic E-state index is -0.363. The molecule has 0 spiro atoms. The lowest BCUT2D eigenvalue weighted by Gasteiger charge is -2.30. The standard InChI is InChI=1S/C21H21N5O5/c1-13-3-2-8-25(10-13)19(28)11-26-18(27)7-5-15(23-26)21-22-20(24-31-21)14-4-6-16-17(9-14)30-12-29-16/h4-7,9,13H,2-3,8,10-12H2,1H3/t13-/m1/s1. The molecule has 0 radical (unpaired) electrons. The van der Waals surface area contributed by atoms with Gasteiger partial charge < -0.3 is 18.9 Å². The second kappa shape index (κ2) is 7.86. The Kier molecular flexibility index (Phi) is 4.89. The van der Waals surface area contributed by atoms with Gasteiger partial charge in [-0.3, -0.25) is 9.59 Å². The molecule has 1 aromatic carbocycles. The summed E-state index contributed by atoms with van der Waals surface area (Å²) in [4.78, 5) is 31.1. The number of carbonyl (C=O) groups excluding carboxylic acids is 1. The smallest absolute Gasteiger partial charge is 0.278 e. The van der Waals surface area contributed by atoms with Crippen LogP contribution < -0.4 is 15.0 Å². The number of amides is 1. The van der Waals surface area contributed by atoms with Crippen LogP contribution in [0.4, 0.5) is 0 Å². The Morgan fingerprint density at radius 3 is 2.94 bits per heavy atom. The summed E-state index contributed by atoms with van der Waals surface area (Å²) < 4.78 is 17.2. The summed E-state index contributed by atoms with van der Waals surface area (Å²) in [5.41, 5.74) is 0.651. The third-order valence-corrected chi connectivity index (χ3v) is 5.44. The largest absolute Gasteiger partial charge is 0.454 e. The minimum absolute atomic E-state index is 0.120. The van der Waals surface area contributed by atoms with Crippen molar-refractivity contribution in [1.82, 2.24) is 24.8 Å². The fourth-order valence-corrected chi connectivity index (χ4v) is 3.80. The molecule has 10 nitrogen and oxygen atoms in total. The summed E-state index contributed by atoms with van der Waals surface area (Å²) >= 11 is 0. The SMILES string of the molecule is C[C@@H]1CCCN(C(=O)Cn2nc(-c3nc(-c4ccc5c(c4)OCO5)no3)ccc2=O)C1. The predicted octanol–water partition coefficient (Wildman–Crippen LogP) is 1.95. The van der Waals surface area contributed by atoms with Gasteiger partial charge in [0.15, 0.2) is 11.5 Å². The molecule has 31 heavy (non-hydrogen) atoms. The van der Waals surface area contributed by atoms with Crippen LogP contribution in [0.2, 0.25) is 0 Å². The summed E-state index contributed by atoms with van der Waals surface area (Å²) in [6.45, 7) is 3.59. The third kappa shape index (κ3) is 3.88. The Labute approximate surface area is 177 Å². The van der Waals surface area contributed by atoms with Crippen molar-refractivity contribution in [2.75, 3.05) is 19.9 Å². The lowest BCUT2D eigenvalue weighted by molar-refractivity contribution is -0.133. The maximum Gasteiger partial charge on any atom is 0.278 e. The number of ether oxygens (including phenoxy) is 2. The van der Waals surface area contributed by atoms with E-state index in [1.165, 1.54) is 12.1 Å². The molecule has 2 aliphatic heterocycles. The van der Waals surface area contributed by atoms with Crippen LogP contribution in [0.15, 0.2) is 39.6 Å². The second-order valence-corrected chi connectivity index (χ2v) is 7.79. The fraction of sp³-hybridized carbons (Fsp3) is 0.381. The first kappa shape index (κ1) is 19.3. The van der Waals surface area contributed by atoms with Gasteiger partial charge in [0.25, 0.3) is 11.4 Å². The molecule has 2 aromatic heterocycles. The first-order valence-electron chi connectivity index (χ1n) is 10.2. The molecule has 0 bridgehead atoms. The van der Waals surface area contributed by atoms with E-state index in [0.717, 1.165) is 17.5 Å². The maximum absolute atomic E-state index is 12.6. The van der Waals surface area contributed by atoms with Crippen molar-refractivity contribution in [3.63, 3.8) is 0 Å². The fourth-order valence-electron chi connectivity index (χ4n) is 3.80. The third-order valence-electron chi connectivity index (χ3n) is 5.44. The van der Waals surface area contributed by atoms with Crippen molar-refractivity contribution < 1.29 is 18.8 Å². The van der Waals surface area contributed by atoms with Crippen LogP contribution in [0.1, 0.15) is 19.8 Å². The van der Waals surface area contributed by atoms with Gasteiger partial charge in [-0.25, -0.2) is 4.68 Å². The van der Waals surface area contributed by atoms with E-state index in [1.54, 1.807) is 23.1 Å². The van der Waals surface area contributed by atoms with Crippen molar-refractivity contribution in [3.05, 3.63) is 40.7 Å². The number of carbonyl (C=O) groups is 1. The van der Waals surface area contributed by atoms with Gasteiger partial charge >= 0.3 is 0 Å². The molecule has 2 aliphatic rings. The number of likely N-dealkylation sites (tertiary alicyclic amines) is 1. The molecule has 4 heterocycles. The highest BCUT2D eigenvalue weighted by atomic mass is 16.7. The molecule has 1 amide bonds. The van der Waals surface area contributed by atoms with Gasteiger partial charge in [0, 0.05) is 24.7 Å². The van der Waals surface area contributed by atoms with Gasteiger partial charge in [-0.15, -0.1) is 0 Å². The van der Waals surface area contributed by atoms with E-state index in [0.29, 0.717) is 47.6 Å². The first-order valence-corrected chi connectivity index (χ1v) is 10.2. The van der Waals surface area contributed by atoms with Crippen molar-refractivity contribution >= 4 is 5.91 Å². The predicted molar refractivity (Wildman–Crippen MR) is 108 cm³/mol. The molecule has 0 unspecified atom stereocenters. The zero-order valence-electron chi connectivity index (χ0n) is 17.0. The molecule has 0 saturated carbocycles. The lowest BCUT2D eigenvalue weighted by atomic mass is 10.0. The van der Waals surface area contributed by atoms with Crippen LogP contribution in [0, 0.1) is 5.92 Å². The number of rotatable bonds is 4. The molecule has 1 fully saturated rings. The molecule has 0 N–H and O–H groups in total. The summed E-state index contributed by atoms with van der Waals surface area (Å²) in [5.74, 6) is 2.12. The molecule has 3 aromatic rings. The lowest BCUT2D eigenvalue weighted by Crippen LogP contribution is -2.42. The van der Waals surface area contributed by atoms with Gasteiger partial charge in [-0.05, 0) is 43.0 Å². The number of piperidine rings is 1. The average molecular weight is 423 g/mol. The topological polar surface area (TPSA) is 113 Å². The highest BCUT2D eigenvalue weighted by Crippen LogP contribution is 2.35. The van der Waals surface area contributed by atoms with Crippen LogP contribution in [-0.4, -0.2) is 50.6 Å². The first-order chi connectivity index (χ1) is 15.1. The van der Waals surface area contributed by atoms with E-state index in [-0.39, 0.29) is 30.7 Å². The molecule has 0 aliphatic carbocycles. The van der Waals surface area contributed by atoms with Crippen LogP contribution in [0.25, 0.3) is 23.0 Å². The van der Waals surface area contributed by atoms with Crippen LogP contribution >= 0.6 is 0 Å². The Bertz CT molecular complexity index is 1190. The van der Waals surface area contributed by atoms with Crippen molar-refractivity contribution in [2.24, 2.45) is 5.92 Å². The highest BCUT2D eigenvalue weighted by molar-refractivity contribution is 5.76. The quantitative estimate of drug-likeness (QED) is 0.626. The van der Waals surface area contributed by atoms with E-state index in [9.17, 15) is 9.59 Å². The number of hydrogen-bond acceptors (Lipinski definition) is 8. The molecular formula is C21H21N5O5. The Morgan fingerprint density at radius 1 is 1.19 bits per heavy atom. The summed E-state index contributed by atoms with van der Waals surface area (Å²) in [6, 6.07) is 8.19. The van der Waals surface area contributed by atoms with E-state index in [2.05, 4.69) is 22.2 Å². The molecule has 5 rings (SSSR count). The number of nitrogens with zero attached hydrogens (tertiary/aromatic N) is 5. The van der Waals surface area contributed by atoms with Gasteiger partial charge in [-0.1, -0.05) is 12.1 Å². The highest BCUT2D eigenvalue weighted by Gasteiger charge is 2.22. The number of aromatic nitrogens is 4. The summed E-state index contributed by atoms with van der Waals surface area (Å²) in [6.07, 6.45) is 2.08. The van der Waals surface area contributed by atoms with Crippen LogP contribution in [0.3, 0.4) is 0 Å². The number of benzene rings is 1. The Morgan fingerprint density at radius 2 is 2.06 bits per heavy atom. The van der Waals surface area contributed by atoms with Crippen molar-refractivity contribution in [3.8, 4) is 34.5 Å². The van der Waals surface area contributed by atoms with Crippen molar-refractivity contribution in [2.45, 2.75) is 26.3 Å². The molecule has 160 valence electrons. The summed E-state index contributed by atoms with van der Waals surface area (Å²) in [7, 11) is 0. The zero-order chi connectivity index (χ0) is 21.4. The van der Waals surface area contributed by atoms with Gasteiger partial charge in [0.2, 0.25) is 18.5 Å². The van der Waals surface area contributed by atoms with Crippen molar-refractivity contribution in [1.29, 1.82) is 0 Å². The summed E-state index contributed by atoms with van der Waals surface area (Å²) in [5, 5.41) is 8.28. The van der Waals surface area contributed by atoms with E-state index in [4.69, 9.17) is 14.0 Å². The van der Waals surface area contributed by atoms with E-state index < -0.39 is 0 Å². The van der Waals surface area contributed by atoms with Crippen LogP contribution in [0.5, 0.6) is 11.5 Å². The normalized spacial score (nSPS) is 17.7. The van der Waals surface area contributed by atoms with E-state index in [1.807, 2.05) is 0 Å². The Balaban J connectivity index is 1.37. The molecular weight excluding hydrogens is 402 g/mol. The Hall–Kier alpha value is -3.69. The zero-order valence-corrected chi connectivity index (χ0v) is 17.0. The number of hydrogen-bond donors (Lipinski definition) is 0. The maximum atomic E-state index is 12.6. The van der Waals surface area contributed by atoms with Gasteiger partial charge in [0.1, 0.15) is 12.2 Å². The minimum Gasteiger partial charge on any atom is -0.454 e. The van der Waals surface area contributed by atoms with Crippen LogP contribution in [-0.2, 0) is 11.3 Å². The molecule has 1 atom stereocenters. The number of fused-ring (bicyclic) bond motifs is 1. The second-order valence-electron chi connectivity index (χ2n) is 7.79. The molecule has 10 heteroatoms. The van der Waals surface area contributed by atoms with Gasteiger partial charge in [-0.2, -0.15) is 10.1 Å².